The molecule has 1 N–H and O–H groups in total. The molecule has 0 saturated carbocycles. The van der Waals surface area contributed by atoms with Crippen LogP contribution in [0.4, 0.5) is 0 Å². The van der Waals surface area contributed by atoms with E-state index in [2.05, 4.69) is 4.99 Å². The first kappa shape index (κ1) is 12.4. The van der Waals surface area contributed by atoms with Crippen molar-refractivity contribution in [2.45, 2.75) is 20.8 Å². The van der Waals surface area contributed by atoms with Crippen LogP contribution in [0.3, 0.4) is 0 Å². The number of aryl methyl sites for hydroxylation is 2. The Morgan fingerprint density at radius 1 is 1.22 bits per heavy atom. The maximum Gasteiger partial charge on any atom is 0.277 e. The van der Waals surface area contributed by atoms with Crippen LogP contribution in [-0.4, -0.2) is 28.8 Å². The van der Waals surface area contributed by atoms with E-state index in [-0.39, 0.29) is 5.91 Å². The van der Waals surface area contributed by atoms with Crippen LogP contribution in [0.25, 0.3) is 6.08 Å². The lowest BCUT2D eigenvalue weighted by Gasteiger charge is -2.07. The monoisotopic (exact) mass is 244 g/mol. The Hall–Kier alpha value is -2.10. The molecule has 0 radical (unpaired) electrons. The highest BCUT2D eigenvalue weighted by Gasteiger charge is 2.23. The van der Waals surface area contributed by atoms with E-state index >= 15 is 0 Å². The lowest BCUT2D eigenvalue weighted by molar-refractivity contribution is -0.121. The molecule has 4 nitrogen and oxygen atoms in total. The number of likely N-dealkylation sites (N-methyl/N-ethyl adjacent to an activating group) is 1. The Balaban J connectivity index is 2.44. The fraction of sp³-hybridized carbons (Fsp3) is 0.286. The molecule has 0 fully saturated rings. The van der Waals surface area contributed by atoms with Crippen molar-refractivity contribution in [1.82, 2.24) is 4.90 Å². The molecule has 0 atom stereocenters. The van der Waals surface area contributed by atoms with Gasteiger partial charge in [0.15, 0.2) is 0 Å². The number of nitrogens with zero attached hydrogens (tertiary/aromatic N) is 2. The van der Waals surface area contributed by atoms with Gasteiger partial charge in [-0.25, -0.2) is 4.99 Å². The van der Waals surface area contributed by atoms with Crippen LogP contribution in [-0.2, 0) is 4.79 Å². The van der Waals surface area contributed by atoms with Crippen molar-refractivity contribution in [3.63, 3.8) is 0 Å². The van der Waals surface area contributed by atoms with Crippen LogP contribution in [0.2, 0.25) is 0 Å². The molecular weight excluding hydrogens is 228 g/mol. The molecule has 1 amide bonds. The number of amides is 1. The summed E-state index contributed by atoms with van der Waals surface area (Å²) in [4.78, 5) is 17.6. The zero-order valence-electron chi connectivity index (χ0n) is 11.0. The van der Waals surface area contributed by atoms with Crippen molar-refractivity contribution < 1.29 is 9.90 Å². The van der Waals surface area contributed by atoms with E-state index in [9.17, 15) is 9.90 Å². The maximum absolute atomic E-state index is 11.9. The Bertz CT molecular complexity index is 562. The first-order valence-corrected chi connectivity index (χ1v) is 5.75. The molecule has 18 heavy (non-hydrogen) atoms. The van der Waals surface area contributed by atoms with Crippen LogP contribution in [0.15, 0.2) is 22.8 Å². The van der Waals surface area contributed by atoms with Gasteiger partial charge in [-0.1, -0.05) is 0 Å². The van der Waals surface area contributed by atoms with Crippen LogP contribution >= 0.6 is 0 Å². The minimum absolute atomic E-state index is 0.101. The molecule has 2 rings (SSSR count). The van der Waals surface area contributed by atoms with Crippen molar-refractivity contribution in [2.75, 3.05) is 7.05 Å². The van der Waals surface area contributed by atoms with Gasteiger partial charge in [-0.2, -0.15) is 0 Å². The molecular formula is C14H16N2O2. The number of aliphatic imine (C=N–C) groups is 1. The SMILES string of the molecule is CC1=N/C(=C\c2cc(C)c(O)c(C)c2)C(=O)N1C. The van der Waals surface area contributed by atoms with E-state index < -0.39 is 0 Å². The van der Waals surface area contributed by atoms with Gasteiger partial charge in [0.1, 0.15) is 17.3 Å². The van der Waals surface area contributed by atoms with Crippen molar-refractivity contribution >= 4 is 17.8 Å². The Labute approximate surface area is 106 Å². The predicted octanol–water partition coefficient (Wildman–Crippen LogP) is 2.24. The van der Waals surface area contributed by atoms with Gasteiger partial charge < -0.3 is 5.11 Å². The zero-order valence-corrected chi connectivity index (χ0v) is 11.0. The lowest BCUT2D eigenvalue weighted by atomic mass is 10.0. The third-order valence-corrected chi connectivity index (χ3v) is 3.11. The fourth-order valence-electron chi connectivity index (χ4n) is 1.94. The van der Waals surface area contributed by atoms with Gasteiger partial charge in [-0.05, 0) is 55.7 Å². The number of amidine groups is 1. The Kier molecular flexibility index (Phi) is 2.95. The number of aromatic hydroxyl groups is 1. The first-order chi connectivity index (χ1) is 8.40. The summed E-state index contributed by atoms with van der Waals surface area (Å²) in [5, 5.41) is 9.70. The molecule has 0 unspecified atom stereocenters. The summed E-state index contributed by atoms with van der Waals surface area (Å²) in [5.41, 5.74) is 2.89. The summed E-state index contributed by atoms with van der Waals surface area (Å²) < 4.78 is 0. The second-order valence-corrected chi connectivity index (χ2v) is 4.56. The van der Waals surface area contributed by atoms with Gasteiger partial charge >= 0.3 is 0 Å². The third-order valence-electron chi connectivity index (χ3n) is 3.11. The predicted molar refractivity (Wildman–Crippen MR) is 71.4 cm³/mol. The number of rotatable bonds is 1. The van der Waals surface area contributed by atoms with E-state index in [1.54, 1.807) is 20.0 Å². The molecule has 1 heterocycles. The number of benzene rings is 1. The van der Waals surface area contributed by atoms with E-state index in [0.717, 1.165) is 16.7 Å². The average Bonchev–Trinajstić information content (AvgIpc) is 2.54. The molecule has 1 aromatic carbocycles. The molecule has 0 saturated heterocycles. The van der Waals surface area contributed by atoms with E-state index in [1.165, 1.54) is 4.90 Å². The summed E-state index contributed by atoms with van der Waals surface area (Å²) >= 11 is 0. The van der Waals surface area contributed by atoms with Crippen LogP contribution in [0, 0.1) is 13.8 Å². The van der Waals surface area contributed by atoms with Gasteiger partial charge in [0, 0.05) is 7.05 Å². The number of carbonyl (C=O) groups is 1. The van der Waals surface area contributed by atoms with Crippen molar-refractivity contribution in [1.29, 1.82) is 0 Å². The van der Waals surface area contributed by atoms with Crippen molar-refractivity contribution in [3.05, 3.63) is 34.5 Å². The largest absolute Gasteiger partial charge is 0.507 e. The summed E-state index contributed by atoms with van der Waals surface area (Å²) in [6.07, 6.45) is 1.74. The van der Waals surface area contributed by atoms with E-state index in [1.807, 2.05) is 26.0 Å². The van der Waals surface area contributed by atoms with Gasteiger partial charge in [-0.15, -0.1) is 0 Å². The molecule has 1 aromatic rings. The second kappa shape index (κ2) is 4.29. The van der Waals surface area contributed by atoms with Crippen LogP contribution in [0.1, 0.15) is 23.6 Å². The average molecular weight is 244 g/mol. The third kappa shape index (κ3) is 2.01. The summed E-state index contributed by atoms with van der Waals surface area (Å²) in [7, 11) is 1.70. The molecule has 4 heteroatoms. The summed E-state index contributed by atoms with van der Waals surface area (Å²) in [6, 6.07) is 3.68. The molecule has 0 spiro atoms. The molecule has 1 aliphatic rings. The molecule has 0 aliphatic carbocycles. The second-order valence-electron chi connectivity index (χ2n) is 4.56. The highest BCUT2D eigenvalue weighted by atomic mass is 16.3. The molecule has 0 bridgehead atoms. The van der Waals surface area contributed by atoms with Gasteiger partial charge in [-0.3, -0.25) is 9.69 Å². The Morgan fingerprint density at radius 3 is 2.22 bits per heavy atom. The molecule has 94 valence electrons. The molecule has 1 aliphatic heterocycles. The molecule has 0 aromatic heterocycles. The van der Waals surface area contributed by atoms with Crippen molar-refractivity contribution in [3.8, 4) is 5.75 Å². The Morgan fingerprint density at radius 2 is 1.78 bits per heavy atom. The highest BCUT2D eigenvalue weighted by Crippen LogP contribution is 2.25. The number of hydrogen-bond donors (Lipinski definition) is 1. The highest BCUT2D eigenvalue weighted by molar-refractivity contribution is 6.13. The van der Waals surface area contributed by atoms with Crippen LogP contribution < -0.4 is 0 Å². The number of hydrogen-bond acceptors (Lipinski definition) is 3. The topological polar surface area (TPSA) is 52.9 Å². The van der Waals surface area contributed by atoms with Gasteiger partial charge in [0.05, 0.1) is 0 Å². The maximum atomic E-state index is 11.9. The minimum atomic E-state index is -0.101. The minimum Gasteiger partial charge on any atom is -0.507 e. The first-order valence-electron chi connectivity index (χ1n) is 5.75. The summed E-state index contributed by atoms with van der Waals surface area (Å²) in [6.45, 7) is 5.47. The smallest absolute Gasteiger partial charge is 0.277 e. The van der Waals surface area contributed by atoms with Gasteiger partial charge in [0.25, 0.3) is 5.91 Å². The fourth-order valence-corrected chi connectivity index (χ4v) is 1.94. The number of carbonyl (C=O) groups excluding carboxylic acids is 1. The van der Waals surface area contributed by atoms with E-state index in [0.29, 0.717) is 17.3 Å². The standard InChI is InChI=1S/C14H16N2O2/c1-8-5-11(6-9(2)13(8)17)7-12-14(18)16(4)10(3)15-12/h5-7,17H,1-4H3/b12-7-. The quantitative estimate of drug-likeness (QED) is 0.770. The normalized spacial score (nSPS) is 17.6. The number of phenols is 1. The summed E-state index contributed by atoms with van der Waals surface area (Å²) in [5.74, 6) is 0.890. The van der Waals surface area contributed by atoms with Gasteiger partial charge in [0.2, 0.25) is 0 Å². The zero-order chi connectivity index (χ0) is 13.4. The van der Waals surface area contributed by atoms with Crippen molar-refractivity contribution in [2.24, 2.45) is 4.99 Å². The lowest BCUT2D eigenvalue weighted by Crippen LogP contribution is -2.25. The van der Waals surface area contributed by atoms with Crippen LogP contribution in [0.5, 0.6) is 5.75 Å². The van der Waals surface area contributed by atoms with E-state index in [4.69, 9.17) is 0 Å². The number of phenolic OH excluding ortho intramolecular Hbond substituents is 1.